The van der Waals surface area contributed by atoms with Crippen molar-refractivity contribution >= 4 is 17.7 Å². The lowest BCUT2D eigenvalue weighted by atomic mass is 9.69. The van der Waals surface area contributed by atoms with Crippen molar-refractivity contribution in [2.75, 3.05) is 7.11 Å². The molecule has 7 nitrogen and oxygen atoms in total. The standard InChI is InChI=1S/C20H19N3O4/c1-12(24)14-8-9-15-20(11-21,19(26)27-2)16(13-6-4-3-5-7-13)17(18(22)25)23(15)10-14/h3-10,15-17H,1-2H3,(H2,22,25)/t15-,16+,17-,20-/m0/s1. The number of primary amides is 1. The number of carbonyl (C=O) groups is 3. The Morgan fingerprint density at radius 1 is 1.26 bits per heavy atom. The number of ketones is 1. The highest BCUT2D eigenvalue weighted by atomic mass is 16.5. The lowest BCUT2D eigenvalue weighted by Gasteiger charge is -2.32. The van der Waals surface area contributed by atoms with Crippen LogP contribution in [-0.4, -0.2) is 41.8 Å². The summed E-state index contributed by atoms with van der Waals surface area (Å²) in [6.07, 6.45) is 4.65. The number of esters is 1. The largest absolute Gasteiger partial charge is 0.468 e. The molecule has 2 aliphatic rings. The van der Waals surface area contributed by atoms with Crippen LogP contribution in [0.5, 0.6) is 0 Å². The summed E-state index contributed by atoms with van der Waals surface area (Å²) in [5, 5.41) is 10.1. The maximum absolute atomic E-state index is 12.8. The Bertz CT molecular complexity index is 900. The number of Topliss-reactive ketones (excluding diaryl/α,β-unsaturated/α-hetero) is 1. The van der Waals surface area contributed by atoms with Gasteiger partial charge in [0.2, 0.25) is 5.91 Å². The van der Waals surface area contributed by atoms with Crippen LogP contribution < -0.4 is 5.73 Å². The van der Waals surface area contributed by atoms with Crippen molar-refractivity contribution in [1.82, 2.24) is 4.90 Å². The zero-order valence-corrected chi connectivity index (χ0v) is 15.0. The van der Waals surface area contributed by atoms with E-state index in [9.17, 15) is 19.6 Å². The Kier molecular flexibility index (Phi) is 4.58. The van der Waals surface area contributed by atoms with Gasteiger partial charge in [0.15, 0.2) is 11.2 Å². The minimum atomic E-state index is -1.69. The van der Waals surface area contributed by atoms with Crippen LogP contribution in [-0.2, 0) is 19.1 Å². The smallest absolute Gasteiger partial charge is 0.329 e. The average molecular weight is 365 g/mol. The van der Waals surface area contributed by atoms with E-state index in [4.69, 9.17) is 10.5 Å². The number of nitrogens with zero attached hydrogens (tertiary/aromatic N) is 2. The van der Waals surface area contributed by atoms with Crippen molar-refractivity contribution < 1.29 is 19.1 Å². The third-order valence-electron chi connectivity index (χ3n) is 5.23. The van der Waals surface area contributed by atoms with Crippen LogP contribution >= 0.6 is 0 Å². The molecule has 0 radical (unpaired) electrons. The number of nitriles is 1. The SMILES string of the molecule is COC(=O)[C@]1(C#N)[C@H](c2ccccc2)[C@@H](C(N)=O)N2C=C(C(C)=O)C=C[C@H]21. The molecule has 0 aliphatic carbocycles. The molecule has 0 saturated carbocycles. The third kappa shape index (κ3) is 2.61. The van der Waals surface area contributed by atoms with Gasteiger partial charge in [-0.2, -0.15) is 5.26 Å². The minimum absolute atomic E-state index is 0.197. The number of nitrogens with two attached hydrogens (primary N) is 1. The first-order chi connectivity index (χ1) is 12.9. The Morgan fingerprint density at radius 2 is 1.93 bits per heavy atom. The normalized spacial score (nSPS) is 28.7. The predicted molar refractivity (Wildman–Crippen MR) is 95.8 cm³/mol. The van der Waals surface area contributed by atoms with Crippen molar-refractivity contribution in [2.45, 2.75) is 24.9 Å². The number of carbonyl (C=O) groups excluding carboxylic acids is 3. The molecule has 7 heteroatoms. The Hall–Kier alpha value is -3.40. The number of fused-ring (bicyclic) bond motifs is 1. The molecule has 138 valence electrons. The number of allylic oxidation sites excluding steroid dienone is 2. The van der Waals surface area contributed by atoms with Gasteiger partial charge in [-0.3, -0.25) is 14.4 Å². The first-order valence-electron chi connectivity index (χ1n) is 8.40. The van der Waals surface area contributed by atoms with E-state index in [2.05, 4.69) is 6.07 Å². The van der Waals surface area contributed by atoms with Crippen LogP contribution in [0.2, 0.25) is 0 Å². The first kappa shape index (κ1) is 18.4. The van der Waals surface area contributed by atoms with Gasteiger partial charge >= 0.3 is 5.97 Å². The number of rotatable bonds is 4. The van der Waals surface area contributed by atoms with Gasteiger partial charge in [0.25, 0.3) is 0 Å². The molecule has 1 saturated heterocycles. The van der Waals surface area contributed by atoms with E-state index in [0.717, 1.165) is 0 Å². The van der Waals surface area contributed by atoms with Crippen LogP contribution in [0.4, 0.5) is 0 Å². The highest BCUT2D eigenvalue weighted by Gasteiger charge is 2.66. The molecule has 3 rings (SSSR count). The van der Waals surface area contributed by atoms with Crippen molar-refractivity contribution in [3.8, 4) is 6.07 Å². The van der Waals surface area contributed by atoms with Crippen LogP contribution in [0, 0.1) is 16.7 Å². The fourth-order valence-electron chi connectivity index (χ4n) is 4.05. The summed E-state index contributed by atoms with van der Waals surface area (Å²) in [7, 11) is 1.20. The molecule has 1 aromatic rings. The number of methoxy groups -OCH3 is 1. The zero-order chi connectivity index (χ0) is 19.8. The summed E-state index contributed by atoms with van der Waals surface area (Å²) in [6.45, 7) is 1.40. The van der Waals surface area contributed by atoms with Crippen molar-refractivity contribution in [2.24, 2.45) is 11.1 Å². The zero-order valence-electron chi connectivity index (χ0n) is 15.0. The van der Waals surface area contributed by atoms with E-state index in [1.807, 2.05) is 0 Å². The van der Waals surface area contributed by atoms with E-state index in [-0.39, 0.29) is 5.78 Å². The molecule has 4 atom stereocenters. The van der Waals surface area contributed by atoms with Crippen LogP contribution in [0.25, 0.3) is 0 Å². The van der Waals surface area contributed by atoms with Gasteiger partial charge in [-0.1, -0.05) is 42.5 Å². The molecule has 2 heterocycles. The molecule has 2 aliphatic heterocycles. The van der Waals surface area contributed by atoms with Crippen molar-refractivity contribution in [3.05, 3.63) is 59.8 Å². The van der Waals surface area contributed by atoms with Gasteiger partial charge in [-0.25, -0.2) is 0 Å². The molecular weight excluding hydrogens is 346 g/mol. The molecule has 0 unspecified atom stereocenters. The topological polar surface area (TPSA) is 113 Å². The Balaban J connectivity index is 2.29. The molecule has 1 aromatic carbocycles. The lowest BCUT2D eigenvalue weighted by molar-refractivity contribution is -0.150. The third-order valence-corrected chi connectivity index (χ3v) is 5.23. The van der Waals surface area contributed by atoms with Gasteiger partial charge in [0.1, 0.15) is 6.04 Å². The molecule has 27 heavy (non-hydrogen) atoms. The summed E-state index contributed by atoms with van der Waals surface area (Å²) in [5.74, 6) is -2.49. The van der Waals surface area contributed by atoms with Crippen LogP contribution in [0.1, 0.15) is 18.4 Å². The molecule has 0 bridgehead atoms. The lowest BCUT2D eigenvalue weighted by Crippen LogP contribution is -2.45. The van der Waals surface area contributed by atoms with Gasteiger partial charge in [-0.05, 0) is 12.5 Å². The highest BCUT2D eigenvalue weighted by molar-refractivity contribution is 5.97. The van der Waals surface area contributed by atoms with Gasteiger partial charge < -0.3 is 15.4 Å². The van der Waals surface area contributed by atoms with E-state index in [0.29, 0.717) is 11.1 Å². The number of hydrogen-bond donors (Lipinski definition) is 1. The summed E-state index contributed by atoms with van der Waals surface area (Å²) < 4.78 is 4.97. The second kappa shape index (κ2) is 6.72. The number of benzene rings is 1. The van der Waals surface area contributed by atoms with E-state index < -0.39 is 35.3 Å². The Morgan fingerprint density at radius 3 is 2.44 bits per heavy atom. The summed E-state index contributed by atoms with van der Waals surface area (Å²) in [6, 6.07) is 9.14. The number of hydrogen-bond acceptors (Lipinski definition) is 6. The minimum Gasteiger partial charge on any atom is -0.468 e. The van der Waals surface area contributed by atoms with Gasteiger partial charge in [-0.15, -0.1) is 0 Å². The number of amides is 1. The predicted octanol–water partition coefficient (Wildman–Crippen LogP) is 1.03. The molecule has 0 aromatic heterocycles. The highest BCUT2D eigenvalue weighted by Crippen LogP contribution is 2.53. The van der Waals surface area contributed by atoms with Gasteiger partial charge in [0.05, 0.1) is 19.2 Å². The summed E-state index contributed by atoms with van der Waals surface area (Å²) >= 11 is 0. The summed E-state index contributed by atoms with van der Waals surface area (Å²) in [5.41, 5.74) is 4.98. The van der Waals surface area contributed by atoms with E-state index >= 15 is 0 Å². The van der Waals surface area contributed by atoms with Crippen LogP contribution in [0.3, 0.4) is 0 Å². The molecule has 0 spiro atoms. The molecular formula is C20H19N3O4. The first-order valence-corrected chi connectivity index (χ1v) is 8.40. The average Bonchev–Trinajstić information content (AvgIpc) is 2.98. The van der Waals surface area contributed by atoms with E-state index in [1.165, 1.54) is 25.1 Å². The van der Waals surface area contributed by atoms with Crippen molar-refractivity contribution in [3.63, 3.8) is 0 Å². The second-order valence-electron chi connectivity index (χ2n) is 6.60. The van der Waals surface area contributed by atoms with E-state index in [1.54, 1.807) is 42.5 Å². The fraction of sp³-hybridized carbons (Fsp3) is 0.300. The molecule has 1 fully saturated rings. The maximum Gasteiger partial charge on any atom is 0.329 e. The van der Waals surface area contributed by atoms with Crippen LogP contribution in [0.15, 0.2) is 54.3 Å². The monoisotopic (exact) mass is 365 g/mol. The maximum atomic E-state index is 12.8. The molecule has 1 amide bonds. The van der Waals surface area contributed by atoms with Gasteiger partial charge in [0, 0.05) is 17.7 Å². The Labute approximate surface area is 156 Å². The number of ether oxygens (including phenoxy) is 1. The van der Waals surface area contributed by atoms with Crippen molar-refractivity contribution in [1.29, 1.82) is 5.26 Å². The molecule has 2 N–H and O–H groups in total. The summed E-state index contributed by atoms with van der Waals surface area (Å²) in [4.78, 5) is 38.6. The fourth-order valence-corrected chi connectivity index (χ4v) is 4.05. The quantitative estimate of drug-likeness (QED) is 0.798. The second-order valence-corrected chi connectivity index (χ2v) is 6.60.